The van der Waals surface area contributed by atoms with Crippen molar-refractivity contribution in [3.05, 3.63) is 96.1 Å². The van der Waals surface area contributed by atoms with Crippen molar-refractivity contribution in [2.45, 2.75) is 34.1 Å². The molecule has 4 aromatic carbocycles. The predicted octanol–water partition coefficient (Wildman–Crippen LogP) is 2.04. The summed E-state index contributed by atoms with van der Waals surface area (Å²) in [6, 6.07) is 31.7. The van der Waals surface area contributed by atoms with E-state index in [1.807, 2.05) is 6.07 Å². The Kier molecular flexibility index (Phi) is 13.3. The van der Waals surface area contributed by atoms with Gasteiger partial charge in [-0.25, -0.2) is 0 Å². The molecule has 0 aliphatic heterocycles. The number of benzene rings is 3. The Morgan fingerprint density at radius 3 is 2.12 bits per heavy atom. The molecule has 5 rings (SSSR count). The van der Waals surface area contributed by atoms with Crippen molar-refractivity contribution in [1.82, 2.24) is 0 Å². The molecule has 176 valence electrons. The molecule has 0 unspecified atom stereocenters. The van der Waals surface area contributed by atoms with Gasteiger partial charge in [-0.05, 0) is 30.6 Å². The van der Waals surface area contributed by atoms with Crippen LogP contribution in [-0.4, -0.2) is 12.3 Å². The van der Waals surface area contributed by atoms with Gasteiger partial charge in [0.15, 0.2) is 0 Å². The van der Waals surface area contributed by atoms with Gasteiger partial charge in [0.1, 0.15) is 0 Å². The SMILES string of the molecule is CC(C)CP(CC(C)C)c1cc2ccccc2[cH-]1.[Cl-].[Cl-].[Ti+4].[c-]1cccc2c1Cc1ccccc1-2. The molecule has 4 heteroatoms. The maximum absolute atomic E-state index is 3.30. The van der Waals surface area contributed by atoms with E-state index in [1.165, 1.54) is 45.4 Å². The average molecular weight is 543 g/mol. The van der Waals surface area contributed by atoms with Gasteiger partial charge in [-0.1, -0.05) is 77.1 Å². The minimum Gasteiger partial charge on any atom is -1.00 e. The van der Waals surface area contributed by atoms with Crippen molar-refractivity contribution in [2.75, 3.05) is 12.3 Å². The normalized spacial score (nSPS) is 11.1. The molecule has 0 saturated heterocycles. The third-order valence-corrected chi connectivity index (χ3v) is 9.09. The first kappa shape index (κ1) is 31.0. The van der Waals surface area contributed by atoms with Crippen LogP contribution in [0.4, 0.5) is 0 Å². The van der Waals surface area contributed by atoms with Crippen molar-refractivity contribution < 1.29 is 46.5 Å². The Balaban J connectivity index is 0.000000323. The molecule has 0 N–H and O–H groups in total. The van der Waals surface area contributed by atoms with Crippen LogP contribution < -0.4 is 30.1 Å². The zero-order valence-corrected chi connectivity index (χ0v) is 24.5. The van der Waals surface area contributed by atoms with Crippen LogP contribution in [0.5, 0.6) is 0 Å². The molecule has 0 radical (unpaired) electrons. The smallest absolute Gasteiger partial charge is 1.00 e. The first-order chi connectivity index (χ1) is 15.0. The van der Waals surface area contributed by atoms with Crippen molar-refractivity contribution in [3.63, 3.8) is 0 Å². The summed E-state index contributed by atoms with van der Waals surface area (Å²) in [7, 11) is 0.0185. The fourth-order valence-electron chi connectivity index (χ4n) is 4.48. The summed E-state index contributed by atoms with van der Waals surface area (Å²) in [6.45, 7) is 9.38. The molecular weight excluding hydrogens is 510 g/mol. The first-order valence-electron chi connectivity index (χ1n) is 11.5. The van der Waals surface area contributed by atoms with E-state index in [2.05, 4.69) is 107 Å². The minimum atomic E-state index is 0. The van der Waals surface area contributed by atoms with Gasteiger partial charge in [0.2, 0.25) is 0 Å². The number of hydrogen-bond acceptors (Lipinski definition) is 0. The average Bonchev–Trinajstić information content (AvgIpc) is 3.34. The fourth-order valence-corrected chi connectivity index (χ4v) is 7.46. The molecule has 0 amide bonds. The second-order valence-electron chi connectivity index (χ2n) is 9.43. The zero-order chi connectivity index (χ0) is 21.8. The van der Waals surface area contributed by atoms with E-state index in [9.17, 15) is 0 Å². The number of hydrogen-bond donors (Lipinski definition) is 0. The first-order valence-corrected chi connectivity index (χ1v) is 13.2. The van der Waals surface area contributed by atoms with Gasteiger partial charge in [0.05, 0.1) is 0 Å². The van der Waals surface area contributed by atoms with Gasteiger partial charge in [0, 0.05) is 0 Å². The second-order valence-corrected chi connectivity index (χ2v) is 11.8. The summed E-state index contributed by atoms with van der Waals surface area (Å²) in [4.78, 5) is 0. The quantitative estimate of drug-likeness (QED) is 0.181. The topological polar surface area (TPSA) is 0 Å². The Hall–Kier alpha value is -1.01. The van der Waals surface area contributed by atoms with E-state index in [0.717, 1.165) is 18.3 Å². The van der Waals surface area contributed by atoms with E-state index in [4.69, 9.17) is 0 Å². The molecule has 0 nitrogen and oxygen atoms in total. The van der Waals surface area contributed by atoms with E-state index in [0.29, 0.717) is 0 Å². The van der Waals surface area contributed by atoms with Crippen LogP contribution in [-0.2, 0) is 28.1 Å². The zero-order valence-electron chi connectivity index (χ0n) is 20.5. The minimum absolute atomic E-state index is 0. The van der Waals surface area contributed by atoms with Gasteiger partial charge < -0.3 is 24.8 Å². The van der Waals surface area contributed by atoms with Crippen molar-refractivity contribution >= 4 is 24.0 Å². The molecule has 1 aliphatic carbocycles. The molecule has 0 bridgehead atoms. The third kappa shape index (κ3) is 7.75. The van der Waals surface area contributed by atoms with Crippen molar-refractivity contribution in [2.24, 2.45) is 11.8 Å². The molecule has 34 heavy (non-hydrogen) atoms. The van der Waals surface area contributed by atoms with Crippen LogP contribution in [0.3, 0.4) is 0 Å². The van der Waals surface area contributed by atoms with Gasteiger partial charge in [-0.2, -0.15) is 35.9 Å². The standard InChI is InChI=1S/C17H24P.C13H9.2ClH.Ti/c1-13(2)11-18(12-14(3)4)17-9-15-7-5-6-8-16(15)10-17;1-3-7-12-10(5-1)9-11-6-2-4-8-13(11)12;;;/h5-10,13-14H,11-12H2,1-4H3;1-5,7-8H,9H2;2*1H;/q2*-1;;;+4/p-2. The molecule has 0 saturated carbocycles. The molecule has 4 aromatic rings. The fraction of sp³-hybridized carbons (Fsp3) is 0.300. The molecule has 0 spiro atoms. The maximum Gasteiger partial charge on any atom is 4.00 e. The Bertz CT molecular complexity index is 1060. The van der Waals surface area contributed by atoms with Gasteiger partial charge in [-0.3, -0.25) is 0 Å². The van der Waals surface area contributed by atoms with Gasteiger partial charge in [0.25, 0.3) is 0 Å². The Labute approximate surface area is 234 Å². The monoisotopic (exact) mass is 542 g/mol. The van der Waals surface area contributed by atoms with Crippen LogP contribution in [0.2, 0.25) is 0 Å². The van der Waals surface area contributed by atoms with Crippen LogP contribution in [0.25, 0.3) is 21.9 Å². The molecule has 1 aliphatic rings. The van der Waals surface area contributed by atoms with E-state index in [-0.39, 0.29) is 54.5 Å². The number of halogens is 2. The van der Waals surface area contributed by atoms with Gasteiger partial charge >= 0.3 is 21.7 Å². The van der Waals surface area contributed by atoms with Crippen molar-refractivity contribution in [3.8, 4) is 11.1 Å². The summed E-state index contributed by atoms with van der Waals surface area (Å²) in [5.74, 6) is 1.60. The summed E-state index contributed by atoms with van der Waals surface area (Å²) >= 11 is 0. The molecule has 0 atom stereocenters. The van der Waals surface area contributed by atoms with Crippen LogP contribution in [0.15, 0.2) is 78.9 Å². The summed E-state index contributed by atoms with van der Waals surface area (Å²) in [5, 5.41) is 4.42. The second kappa shape index (κ2) is 14.5. The predicted molar refractivity (Wildman–Crippen MR) is 139 cm³/mol. The Morgan fingerprint density at radius 2 is 1.44 bits per heavy atom. The maximum atomic E-state index is 3.30. The number of rotatable bonds is 5. The molecule has 0 heterocycles. The molecule has 0 aromatic heterocycles. The van der Waals surface area contributed by atoms with E-state index < -0.39 is 0 Å². The summed E-state index contributed by atoms with van der Waals surface area (Å²) in [5.41, 5.74) is 5.51. The Morgan fingerprint density at radius 1 is 0.824 bits per heavy atom. The third-order valence-electron chi connectivity index (χ3n) is 5.76. The summed E-state index contributed by atoms with van der Waals surface area (Å²) < 4.78 is 0. The summed E-state index contributed by atoms with van der Waals surface area (Å²) in [6.07, 6.45) is 3.78. The van der Waals surface area contributed by atoms with Crippen LogP contribution in [0.1, 0.15) is 38.8 Å². The van der Waals surface area contributed by atoms with E-state index >= 15 is 0 Å². The number of fused-ring (bicyclic) bond motifs is 4. The van der Waals surface area contributed by atoms with Crippen molar-refractivity contribution in [1.29, 1.82) is 0 Å². The van der Waals surface area contributed by atoms with Crippen LogP contribution in [0, 0.1) is 17.9 Å². The molecule has 0 fully saturated rings. The molecular formula is C30H33Cl2PTi. The van der Waals surface area contributed by atoms with Gasteiger partial charge in [-0.15, -0.1) is 45.9 Å². The van der Waals surface area contributed by atoms with E-state index in [1.54, 1.807) is 5.30 Å². The van der Waals surface area contributed by atoms with Crippen LogP contribution >= 0.6 is 7.92 Å². The largest absolute Gasteiger partial charge is 4.00 e.